The Kier molecular flexibility index (Phi) is 4.31. The first-order chi connectivity index (χ1) is 8.15. The topological polar surface area (TPSA) is 16.1 Å². The van der Waals surface area contributed by atoms with Crippen LogP contribution in [0.3, 0.4) is 0 Å². The maximum atomic E-state index is 4.66. The molecule has 2 nitrogen and oxygen atoms in total. The van der Waals surface area contributed by atoms with E-state index in [1.54, 1.807) is 11.3 Å². The molecular weight excluding hydrogens is 296 g/mol. The average molecular weight is 311 g/mol. The van der Waals surface area contributed by atoms with Crippen molar-refractivity contribution in [2.75, 3.05) is 20.6 Å². The number of hydrogen-bond acceptors (Lipinski definition) is 3. The van der Waals surface area contributed by atoms with Crippen molar-refractivity contribution in [3.8, 4) is 11.3 Å². The second-order valence-corrected chi connectivity index (χ2v) is 6.04. The van der Waals surface area contributed by atoms with E-state index in [-0.39, 0.29) is 0 Å². The molecule has 0 N–H and O–H groups in total. The standard InChI is InChI=1S/C13H15BrN2S/c1-16(2)8-7-13-15-12(9-17-13)10-3-5-11(14)6-4-10/h3-6,9H,7-8H2,1-2H3. The molecule has 2 aromatic rings. The van der Waals surface area contributed by atoms with Crippen LogP contribution in [0.25, 0.3) is 11.3 Å². The molecule has 17 heavy (non-hydrogen) atoms. The molecule has 4 heteroatoms. The Labute approximate surface area is 114 Å². The molecular formula is C13H15BrN2S. The molecule has 90 valence electrons. The van der Waals surface area contributed by atoms with Crippen LogP contribution in [0.15, 0.2) is 34.1 Å². The molecule has 1 aromatic heterocycles. The summed E-state index contributed by atoms with van der Waals surface area (Å²) in [5.74, 6) is 0. The van der Waals surface area contributed by atoms with E-state index in [2.05, 4.69) is 57.4 Å². The molecule has 0 aliphatic rings. The molecule has 0 saturated carbocycles. The highest BCUT2D eigenvalue weighted by atomic mass is 79.9. The fraction of sp³-hybridized carbons (Fsp3) is 0.308. The van der Waals surface area contributed by atoms with E-state index in [1.165, 1.54) is 10.6 Å². The maximum absolute atomic E-state index is 4.66. The lowest BCUT2D eigenvalue weighted by atomic mass is 10.2. The van der Waals surface area contributed by atoms with Crippen LogP contribution in [-0.4, -0.2) is 30.5 Å². The van der Waals surface area contributed by atoms with Crippen LogP contribution < -0.4 is 0 Å². The van der Waals surface area contributed by atoms with Gasteiger partial charge in [-0.25, -0.2) is 4.98 Å². The quantitative estimate of drug-likeness (QED) is 0.856. The second kappa shape index (κ2) is 5.76. The lowest BCUT2D eigenvalue weighted by molar-refractivity contribution is 0.413. The van der Waals surface area contributed by atoms with Gasteiger partial charge in [-0.15, -0.1) is 11.3 Å². The number of thiazole rings is 1. The predicted molar refractivity (Wildman–Crippen MR) is 77.5 cm³/mol. The monoisotopic (exact) mass is 310 g/mol. The van der Waals surface area contributed by atoms with E-state index in [0.29, 0.717) is 0 Å². The van der Waals surface area contributed by atoms with Crippen LogP contribution in [0.2, 0.25) is 0 Å². The first-order valence-corrected chi connectivity index (χ1v) is 7.17. The molecule has 0 aliphatic heterocycles. The summed E-state index contributed by atoms with van der Waals surface area (Å²) in [5.41, 5.74) is 2.26. The van der Waals surface area contributed by atoms with Gasteiger partial charge in [-0.05, 0) is 26.2 Å². The van der Waals surface area contributed by atoms with Crippen molar-refractivity contribution < 1.29 is 0 Å². The van der Waals surface area contributed by atoms with Gasteiger partial charge in [0.15, 0.2) is 0 Å². The predicted octanol–water partition coefficient (Wildman–Crippen LogP) is 3.68. The highest BCUT2D eigenvalue weighted by Crippen LogP contribution is 2.23. The van der Waals surface area contributed by atoms with Gasteiger partial charge in [-0.1, -0.05) is 28.1 Å². The number of halogens is 1. The zero-order chi connectivity index (χ0) is 12.3. The summed E-state index contributed by atoms with van der Waals surface area (Å²) in [6, 6.07) is 8.28. The van der Waals surface area contributed by atoms with Crippen LogP contribution in [0.1, 0.15) is 5.01 Å². The Morgan fingerprint density at radius 1 is 1.24 bits per heavy atom. The zero-order valence-electron chi connectivity index (χ0n) is 9.98. The number of rotatable bonds is 4. The summed E-state index contributed by atoms with van der Waals surface area (Å²) in [6.07, 6.45) is 1.02. The summed E-state index contributed by atoms with van der Waals surface area (Å²) in [6.45, 7) is 1.05. The molecule has 0 atom stereocenters. The van der Waals surface area contributed by atoms with Gasteiger partial charge in [0.05, 0.1) is 10.7 Å². The molecule has 0 amide bonds. The number of likely N-dealkylation sites (N-methyl/N-ethyl adjacent to an activating group) is 1. The molecule has 0 bridgehead atoms. The van der Waals surface area contributed by atoms with Gasteiger partial charge in [-0.3, -0.25) is 0 Å². The van der Waals surface area contributed by atoms with Crippen molar-refractivity contribution in [2.24, 2.45) is 0 Å². The smallest absolute Gasteiger partial charge is 0.0945 e. The van der Waals surface area contributed by atoms with E-state index < -0.39 is 0 Å². The second-order valence-electron chi connectivity index (χ2n) is 4.19. The lowest BCUT2D eigenvalue weighted by Gasteiger charge is -2.06. The molecule has 0 saturated heterocycles. The molecule has 0 aliphatic carbocycles. The Balaban J connectivity index is 2.10. The fourth-order valence-electron chi connectivity index (χ4n) is 1.50. The zero-order valence-corrected chi connectivity index (χ0v) is 12.4. The largest absolute Gasteiger partial charge is 0.309 e. The molecule has 1 heterocycles. The minimum Gasteiger partial charge on any atom is -0.309 e. The maximum Gasteiger partial charge on any atom is 0.0945 e. The fourth-order valence-corrected chi connectivity index (χ4v) is 2.56. The van der Waals surface area contributed by atoms with Crippen molar-refractivity contribution in [1.82, 2.24) is 9.88 Å². The van der Waals surface area contributed by atoms with Gasteiger partial charge in [0.25, 0.3) is 0 Å². The highest BCUT2D eigenvalue weighted by molar-refractivity contribution is 9.10. The molecule has 0 radical (unpaired) electrons. The number of benzene rings is 1. The van der Waals surface area contributed by atoms with E-state index in [0.717, 1.165) is 23.1 Å². The molecule has 2 rings (SSSR count). The number of nitrogens with zero attached hydrogens (tertiary/aromatic N) is 2. The van der Waals surface area contributed by atoms with E-state index in [4.69, 9.17) is 0 Å². The normalized spacial score (nSPS) is 11.1. The Hall–Kier alpha value is -0.710. The minimum absolute atomic E-state index is 1.02. The lowest BCUT2D eigenvalue weighted by Crippen LogP contribution is -2.14. The Bertz CT molecular complexity index is 476. The van der Waals surface area contributed by atoms with Crippen molar-refractivity contribution in [3.63, 3.8) is 0 Å². The van der Waals surface area contributed by atoms with Crippen molar-refractivity contribution >= 4 is 27.3 Å². The summed E-state index contributed by atoms with van der Waals surface area (Å²) < 4.78 is 1.10. The molecule has 0 unspecified atom stereocenters. The first-order valence-electron chi connectivity index (χ1n) is 5.50. The summed E-state index contributed by atoms with van der Waals surface area (Å²) in [4.78, 5) is 6.84. The van der Waals surface area contributed by atoms with Crippen LogP contribution >= 0.6 is 27.3 Å². The highest BCUT2D eigenvalue weighted by Gasteiger charge is 2.04. The summed E-state index contributed by atoms with van der Waals surface area (Å²) in [7, 11) is 4.17. The van der Waals surface area contributed by atoms with E-state index in [1.807, 2.05) is 12.1 Å². The Morgan fingerprint density at radius 2 is 1.94 bits per heavy atom. The van der Waals surface area contributed by atoms with Crippen molar-refractivity contribution in [2.45, 2.75) is 6.42 Å². The van der Waals surface area contributed by atoms with Gasteiger partial charge in [0.2, 0.25) is 0 Å². The van der Waals surface area contributed by atoms with Gasteiger partial charge in [0, 0.05) is 28.4 Å². The molecule has 0 spiro atoms. The van der Waals surface area contributed by atoms with E-state index in [9.17, 15) is 0 Å². The van der Waals surface area contributed by atoms with E-state index >= 15 is 0 Å². The third-order valence-corrected chi connectivity index (χ3v) is 3.90. The summed E-state index contributed by atoms with van der Waals surface area (Å²) >= 11 is 5.18. The minimum atomic E-state index is 1.02. The third kappa shape index (κ3) is 3.63. The van der Waals surface area contributed by atoms with Crippen LogP contribution in [-0.2, 0) is 6.42 Å². The van der Waals surface area contributed by atoms with Gasteiger partial charge >= 0.3 is 0 Å². The molecule has 1 aromatic carbocycles. The first kappa shape index (κ1) is 12.7. The van der Waals surface area contributed by atoms with Crippen molar-refractivity contribution in [1.29, 1.82) is 0 Å². The number of aromatic nitrogens is 1. The van der Waals surface area contributed by atoms with Gasteiger partial charge < -0.3 is 4.90 Å². The summed E-state index contributed by atoms with van der Waals surface area (Å²) in [5, 5.41) is 3.34. The van der Waals surface area contributed by atoms with Crippen LogP contribution in [0.5, 0.6) is 0 Å². The third-order valence-electron chi connectivity index (χ3n) is 2.46. The SMILES string of the molecule is CN(C)CCc1nc(-c2ccc(Br)cc2)cs1. The average Bonchev–Trinajstić information content (AvgIpc) is 2.76. The van der Waals surface area contributed by atoms with Crippen molar-refractivity contribution in [3.05, 3.63) is 39.1 Å². The van der Waals surface area contributed by atoms with Gasteiger partial charge in [0.1, 0.15) is 0 Å². The van der Waals surface area contributed by atoms with Crippen LogP contribution in [0, 0.1) is 0 Å². The molecule has 0 fully saturated rings. The van der Waals surface area contributed by atoms with Crippen LogP contribution in [0.4, 0.5) is 0 Å². The van der Waals surface area contributed by atoms with Gasteiger partial charge in [-0.2, -0.15) is 0 Å². The number of hydrogen-bond donors (Lipinski definition) is 0. The Morgan fingerprint density at radius 3 is 2.59 bits per heavy atom.